The summed E-state index contributed by atoms with van der Waals surface area (Å²) in [6.07, 6.45) is 0.892. The first-order valence-corrected chi connectivity index (χ1v) is 5.98. The van der Waals surface area contributed by atoms with Crippen LogP contribution in [0.4, 0.5) is 5.69 Å². The van der Waals surface area contributed by atoms with Crippen molar-refractivity contribution in [2.75, 3.05) is 13.1 Å². The Bertz CT molecular complexity index is 471. The molecule has 5 nitrogen and oxygen atoms in total. The zero-order valence-electron chi connectivity index (χ0n) is 10.1. The third-order valence-electron chi connectivity index (χ3n) is 2.47. The molecule has 0 atom stereocenters. The fraction of sp³-hybridized carbons (Fsp3) is 0.417. The molecule has 0 bridgehead atoms. The van der Waals surface area contributed by atoms with E-state index in [2.05, 4.69) is 6.07 Å². The summed E-state index contributed by atoms with van der Waals surface area (Å²) in [5.74, 6) is 0. The molecule has 0 aliphatic rings. The molecule has 0 N–H and O–H groups in total. The smallest absolute Gasteiger partial charge is 0.275 e. The van der Waals surface area contributed by atoms with Gasteiger partial charge in [0, 0.05) is 23.2 Å². The van der Waals surface area contributed by atoms with Crippen molar-refractivity contribution in [3.8, 4) is 6.07 Å². The molecular formula is C12H14ClN3O2. The van der Waals surface area contributed by atoms with E-state index >= 15 is 0 Å². The summed E-state index contributed by atoms with van der Waals surface area (Å²) < 4.78 is 0. The van der Waals surface area contributed by atoms with Gasteiger partial charge in [-0.3, -0.25) is 15.0 Å². The fourth-order valence-corrected chi connectivity index (χ4v) is 1.88. The highest BCUT2D eigenvalue weighted by Crippen LogP contribution is 2.24. The maximum absolute atomic E-state index is 10.9. The van der Waals surface area contributed by atoms with Crippen molar-refractivity contribution in [1.82, 2.24) is 4.90 Å². The van der Waals surface area contributed by atoms with Crippen molar-refractivity contribution in [2.45, 2.75) is 19.9 Å². The number of hydrogen-bond donors (Lipinski definition) is 0. The van der Waals surface area contributed by atoms with Crippen LogP contribution in [0.25, 0.3) is 0 Å². The number of benzene rings is 1. The van der Waals surface area contributed by atoms with Crippen LogP contribution in [0.5, 0.6) is 0 Å². The molecule has 0 unspecified atom stereocenters. The minimum atomic E-state index is -0.447. The summed E-state index contributed by atoms with van der Waals surface area (Å²) in [4.78, 5) is 12.4. The molecule has 0 saturated carbocycles. The van der Waals surface area contributed by atoms with Gasteiger partial charge in [-0.1, -0.05) is 18.5 Å². The molecule has 0 aromatic heterocycles. The lowest BCUT2D eigenvalue weighted by Crippen LogP contribution is -2.24. The normalized spacial score (nSPS) is 10.3. The van der Waals surface area contributed by atoms with Gasteiger partial charge in [0.2, 0.25) is 0 Å². The standard InChI is InChI=1S/C12H14ClN3O2/c1-2-6-15(7-5-14)9-10-3-4-11(13)8-12(10)16(17)18/h3-4,8H,2,6-7,9H2,1H3. The maximum Gasteiger partial charge on any atom is 0.275 e. The number of nitro groups is 1. The predicted octanol–water partition coefficient (Wildman–Crippen LogP) is 2.98. The summed E-state index contributed by atoms with van der Waals surface area (Å²) in [5.41, 5.74) is 0.578. The first kappa shape index (κ1) is 14.4. The lowest BCUT2D eigenvalue weighted by atomic mass is 10.1. The fourth-order valence-electron chi connectivity index (χ4n) is 1.71. The second kappa shape index (κ2) is 6.94. The summed E-state index contributed by atoms with van der Waals surface area (Å²) >= 11 is 5.75. The zero-order valence-corrected chi connectivity index (χ0v) is 10.9. The number of nitriles is 1. The van der Waals surface area contributed by atoms with Crippen LogP contribution in [0, 0.1) is 21.4 Å². The second-order valence-electron chi connectivity index (χ2n) is 3.90. The Hall–Kier alpha value is -1.64. The maximum atomic E-state index is 10.9. The first-order chi connectivity index (χ1) is 8.58. The van der Waals surface area contributed by atoms with E-state index in [1.165, 1.54) is 6.07 Å². The van der Waals surface area contributed by atoms with E-state index in [4.69, 9.17) is 16.9 Å². The molecule has 1 aromatic carbocycles. The summed E-state index contributed by atoms with van der Waals surface area (Å²) in [6, 6.07) is 6.67. The second-order valence-corrected chi connectivity index (χ2v) is 4.34. The Morgan fingerprint density at radius 2 is 2.28 bits per heavy atom. The van der Waals surface area contributed by atoms with E-state index in [0.29, 0.717) is 17.1 Å². The highest BCUT2D eigenvalue weighted by Gasteiger charge is 2.16. The van der Waals surface area contributed by atoms with Gasteiger partial charge in [0.25, 0.3) is 5.69 Å². The van der Waals surface area contributed by atoms with Gasteiger partial charge in [-0.05, 0) is 25.1 Å². The van der Waals surface area contributed by atoms with Crippen LogP contribution in [0.2, 0.25) is 5.02 Å². The van der Waals surface area contributed by atoms with Crippen LogP contribution < -0.4 is 0 Å². The van der Waals surface area contributed by atoms with Gasteiger partial charge in [-0.25, -0.2) is 0 Å². The van der Waals surface area contributed by atoms with Crippen molar-refractivity contribution in [3.05, 3.63) is 38.9 Å². The van der Waals surface area contributed by atoms with Crippen molar-refractivity contribution < 1.29 is 4.92 Å². The Morgan fingerprint density at radius 3 is 2.83 bits per heavy atom. The topological polar surface area (TPSA) is 70.2 Å². The number of nitrogens with zero attached hydrogens (tertiary/aromatic N) is 3. The molecule has 0 fully saturated rings. The van der Waals surface area contributed by atoms with Gasteiger partial charge in [-0.15, -0.1) is 0 Å². The van der Waals surface area contributed by atoms with Crippen molar-refractivity contribution >= 4 is 17.3 Å². The molecule has 0 aliphatic carbocycles. The molecule has 1 aromatic rings. The average Bonchev–Trinajstić information content (AvgIpc) is 2.32. The van der Waals surface area contributed by atoms with E-state index in [-0.39, 0.29) is 12.2 Å². The molecule has 0 heterocycles. The quantitative estimate of drug-likeness (QED) is 0.451. The van der Waals surface area contributed by atoms with Crippen LogP contribution >= 0.6 is 11.6 Å². The molecule has 96 valence electrons. The third kappa shape index (κ3) is 3.99. The van der Waals surface area contributed by atoms with Gasteiger partial charge in [0.05, 0.1) is 17.5 Å². The summed E-state index contributed by atoms with van der Waals surface area (Å²) in [7, 11) is 0. The first-order valence-electron chi connectivity index (χ1n) is 5.60. The van der Waals surface area contributed by atoms with E-state index in [9.17, 15) is 10.1 Å². The number of halogens is 1. The van der Waals surface area contributed by atoms with Crippen molar-refractivity contribution in [2.24, 2.45) is 0 Å². The minimum Gasteiger partial charge on any atom is -0.286 e. The van der Waals surface area contributed by atoms with Crippen molar-refractivity contribution in [3.63, 3.8) is 0 Å². The van der Waals surface area contributed by atoms with Crippen LogP contribution in [0.15, 0.2) is 18.2 Å². The van der Waals surface area contributed by atoms with Crippen LogP contribution in [-0.4, -0.2) is 22.9 Å². The average molecular weight is 268 g/mol. The van der Waals surface area contributed by atoms with E-state index < -0.39 is 4.92 Å². The van der Waals surface area contributed by atoms with E-state index in [1.807, 2.05) is 11.8 Å². The summed E-state index contributed by atoms with van der Waals surface area (Å²) in [5, 5.41) is 20.0. The van der Waals surface area contributed by atoms with Crippen LogP contribution in [0.1, 0.15) is 18.9 Å². The molecule has 0 spiro atoms. The van der Waals surface area contributed by atoms with Gasteiger partial charge >= 0.3 is 0 Å². The molecule has 0 saturated heterocycles. The third-order valence-corrected chi connectivity index (χ3v) is 2.71. The van der Waals surface area contributed by atoms with E-state index in [0.717, 1.165) is 13.0 Å². The highest BCUT2D eigenvalue weighted by atomic mass is 35.5. The molecule has 0 amide bonds. The molecule has 1 rings (SSSR count). The number of nitro benzene ring substituents is 1. The Labute approximate surface area is 111 Å². The van der Waals surface area contributed by atoms with E-state index in [1.54, 1.807) is 12.1 Å². The Morgan fingerprint density at radius 1 is 1.56 bits per heavy atom. The largest absolute Gasteiger partial charge is 0.286 e. The summed E-state index contributed by atoms with van der Waals surface area (Å²) in [6.45, 7) is 3.37. The highest BCUT2D eigenvalue weighted by molar-refractivity contribution is 6.30. The van der Waals surface area contributed by atoms with Gasteiger partial charge in [0.1, 0.15) is 0 Å². The van der Waals surface area contributed by atoms with Crippen LogP contribution in [0.3, 0.4) is 0 Å². The van der Waals surface area contributed by atoms with Gasteiger partial charge < -0.3 is 0 Å². The molecule has 0 radical (unpaired) electrons. The predicted molar refractivity (Wildman–Crippen MR) is 69.3 cm³/mol. The Kier molecular flexibility index (Phi) is 5.56. The Balaban J connectivity index is 2.94. The number of rotatable bonds is 6. The molecular weight excluding hydrogens is 254 g/mol. The van der Waals surface area contributed by atoms with Crippen molar-refractivity contribution in [1.29, 1.82) is 5.26 Å². The molecule has 18 heavy (non-hydrogen) atoms. The minimum absolute atomic E-state index is 0.00143. The number of hydrogen-bond acceptors (Lipinski definition) is 4. The lowest BCUT2D eigenvalue weighted by Gasteiger charge is -2.18. The van der Waals surface area contributed by atoms with Gasteiger partial charge in [0.15, 0.2) is 0 Å². The van der Waals surface area contributed by atoms with Gasteiger partial charge in [-0.2, -0.15) is 5.26 Å². The SMILES string of the molecule is CCCN(CC#N)Cc1ccc(Cl)cc1[N+](=O)[O-]. The van der Waals surface area contributed by atoms with Crippen LogP contribution in [-0.2, 0) is 6.54 Å². The zero-order chi connectivity index (χ0) is 13.5. The molecule has 0 aliphatic heterocycles. The molecule has 6 heteroatoms. The lowest BCUT2D eigenvalue weighted by molar-refractivity contribution is -0.385. The monoisotopic (exact) mass is 267 g/mol.